The number of aliphatic imine (C=N–C) groups is 1. The summed E-state index contributed by atoms with van der Waals surface area (Å²) in [5, 5.41) is 5.49. The summed E-state index contributed by atoms with van der Waals surface area (Å²) in [6.45, 7) is 4.33. The second-order valence-corrected chi connectivity index (χ2v) is 6.08. The normalized spacial score (nSPS) is 10.7. The number of para-hydroxylation sites is 2. The summed E-state index contributed by atoms with van der Waals surface area (Å²) in [7, 11) is 1.28. The van der Waals surface area contributed by atoms with E-state index < -0.39 is 6.09 Å². The number of hydrogen-bond donors (Lipinski definition) is 2. The van der Waals surface area contributed by atoms with Crippen LogP contribution in [0, 0.1) is 0 Å². The van der Waals surface area contributed by atoms with E-state index in [4.69, 9.17) is 12.2 Å². The summed E-state index contributed by atoms with van der Waals surface area (Å²) in [4.78, 5) is 15.7. The average molecular weight is 355 g/mol. The van der Waals surface area contributed by atoms with Gasteiger partial charge in [-0.1, -0.05) is 50.2 Å². The topological polar surface area (TPSA) is 62.7 Å². The van der Waals surface area contributed by atoms with Gasteiger partial charge < -0.3 is 10.1 Å². The molecule has 0 aliphatic carbocycles. The Kier molecular flexibility index (Phi) is 6.65. The lowest BCUT2D eigenvalue weighted by molar-refractivity contribution is 0.177. The van der Waals surface area contributed by atoms with Gasteiger partial charge in [0, 0.05) is 6.21 Å². The summed E-state index contributed by atoms with van der Waals surface area (Å²) >= 11 is 5.08. The molecule has 0 aliphatic rings. The molecule has 1 amide bonds. The number of amides is 1. The highest BCUT2D eigenvalue weighted by Crippen LogP contribution is 2.24. The number of methoxy groups -OCH3 is 1. The number of alkyl carbamates (subject to hydrolysis) is 1. The Bertz CT molecular complexity index is 770. The van der Waals surface area contributed by atoms with Crippen LogP contribution in [-0.2, 0) is 4.74 Å². The summed E-state index contributed by atoms with van der Waals surface area (Å²) in [5.74, 6) is 0.499. The summed E-state index contributed by atoms with van der Waals surface area (Å²) < 4.78 is 4.51. The third-order valence-electron chi connectivity index (χ3n) is 3.51. The zero-order valence-corrected chi connectivity index (χ0v) is 15.3. The van der Waals surface area contributed by atoms with Crippen LogP contribution < -0.4 is 10.6 Å². The maximum Gasteiger partial charge on any atom is 0.413 e. The van der Waals surface area contributed by atoms with Crippen LogP contribution >= 0.6 is 12.2 Å². The molecule has 0 aromatic heterocycles. The fraction of sp³-hybridized carbons (Fsp3) is 0.211. The second kappa shape index (κ2) is 8.94. The third-order valence-corrected chi connectivity index (χ3v) is 3.71. The van der Waals surface area contributed by atoms with Gasteiger partial charge in [-0.25, -0.2) is 4.79 Å². The highest BCUT2D eigenvalue weighted by Gasteiger charge is 2.06. The van der Waals surface area contributed by atoms with E-state index in [0.717, 1.165) is 5.56 Å². The molecule has 0 saturated carbocycles. The number of thiocarbonyl (C=S) groups is 1. The quantitative estimate of drug-likeness (QED) is 0.621. The lowest BCUT2D eigenvalue weighted by Crippen LogP contribution is -2.33. The van der Waals surface area contributed by atoms with Crippen molar-refractivity contribution in [2.24, 2.45) is 4.99 Å². The van der Waals surface area contributed by atoms with Crippen LogP contribution in [0.1, 0.15) is 30.9 Å². The minimum atomic E-state index is -0.622. The molecule has 0 spiro atoms. The van der Waals surface area contributed by atoms with Crippen LogP contribution in [0.4, 0.5) is 16.2 Å². The molecule has 0 saturated heterocycles. The largest absolute Gasteiger partial charge is 0.453 e. The van der Waals surface area contributed by atoms with Gasteiger partial charge in [0.15, 0.2) is 5.11 Å². The third kappa shape index (κ3) is 5.69. The maximum absolute atomic E-state index is 11.2. The summed E-state index contributed by atoms with van der Waals surface area (Å²) in [5.41, 5.74) is 3.70. The number of hydrogen-bond acceptors (Lipinski definition) is 4. The van der Waals surface area contributed by atoms with E-state index in [0.29, 0.717) is 17.3 Å². The molecular weight excluding hydrogens is 334 g/mol. The van der Waals surface area contributed by atoms with Gasteiger partial charge in [0.2, 0.25) is 0 Å². The molecule has 0 aliphatic heterocycles. The van der Waals surface area contributed by atoms with Crippen molar-refractivity contribution in [3.63, 3.8) is 0 Å². The van der Waals surface area contributed by atoms with E-state index >= 15 is 0 Å². The van der Waals surface area contributed by atoms with E-state index in [1.807, 2.05) is 36.4 Å². The fourth-order valence-electron chi connectivity index (χ4n) is 2.10. The van der Waals surface area contributed by atoms with E-state index in [2.05, 4.69) is 46.3 Å². The van der Waals surface area contributed by atoms with Gasteiger partial charge in [0.1, 0.15) is 0 Å². The Labute approximate surface area is 153 Å². The smallest absolute Gasteiger partial charge is 0.413 e. The first-order chi connectivity index (χ1) is 12.0. The van der Waals surface area contributed by atoms with E-state index in [1.165, 1.54) is 12.7 Å². The highest BCUT2D eigenvalue weighted by atomic mass is 32.1. The van der Waals surface area contributed by atoms with Crippen molar-refractivity contribution in [1.29, 1.82) is 0 Å². The first kappa shape index (κ1) is 18.6. The zero-order chi connectivity index (χ0) is 18.2. The monoisotopic (exact) mass is 355 g/mol. The van der Waals surface area contributed by atoms with Crippen molar-refractivity contribution in [2.75, 3.05) is 12.4 Å². The molecule has 0 heterocycles. The van der Waals surface area contributed by atoms with Crippen LogP contribution in [0.15, 0.2) is 53.5 Å². The number of rotatable bonds is 4. The van der Waals surface area contributed by atoms with Crippen molar-refractivity contribution in [1.82, 2.24) is 5.32 Å². The minimum Gasteiger partial charge on any atom is -0.453 e. The van der Waals surface area contributed by atoms with Crippen molar-refractivity contribution >= 4 is 41.0 Å². The number of benzene rings is 2. The van der Waals surface area contributed by atoms with Gasteiger partial charge >= 0.3 is 6.09 Å². The number of anilines is 1. The number of nitrogens with zero attached hydrogens (tertiary/aromatic N) is 1. The molecule has 2 aromatic rings. The highest BCUT2D eigenvalue weighted by molar-refractivity contribution is 7.80. The van der Waals surface area contributed by atoms with Crippen molar-refractivity contribution in [3.05, 3.63) is 59.7 Å². The maximum atomic E-state index is 11.2. The van der Waals surface area contributed by atoms with Gasteiger partial charge in [-0.3, -0.25) is 10.3 Å². The molecule has 6 heteroatoms. The predicted molar refractivity (Wildman–Crippen MR) is 106 cm³/mol. The Hall–Kier alpha value is -2.73. The predicted octanol–water partition coefficient (Wildman–Crippen LogP) is 4.61. The molecule has 0 bridgehead atoms. The summed E-state index contributed by atoms with van der Waals surface area (Å²) in [6, 6.07) is 15.7. The second-order valence-electron chi connectivity index (χ2n) is 5.67. The van der Waals surface area contributed by atoms with Crippen molar-refractivity contribution in [2.45, 2.75) is 19.8 Å². The van der Waals surface area contributed by atoms with Gasteiger partial charge in [0.25, 0.3) is 0 Å². The van der Waals surface area contributed by atoms with Crippen molar-refractivity contribution in [3.8, 4) is 0 Å². The Balaban J connectivity index is 2.11. The first-order valence-corrected chi connectivity index (χ1v) is 8.29. The fourth-order valence-corrected chi connectivity index (χ4v) is 2.29. The molecule has 130 valence electrons. The van der Waals surface area contributed by atoms with Crippen LogP contribution in [-0.4, -0.2) is 24.5 Å². The summed E-state index contributed by atoms with van der Waals surface area (Å²) in [6.07, 6.45) is 1.17. The molecule has 2 N–H and O–H groups in total. The molecular formula is C19H21N3O2S. The Morgan fingerprint density at radius 2 is 1.84 bits per heavy atom. The van der Waals surface area contributed by atoms with Crippen LogP contribution in [0.3, 0.4) is 0 Å². The SMILES string of the molecule is COC(=O)NC(=S)Nc1ccccc1/N=C/c1ccc(C(C)C)cc1. The van der Waals surface area contributed by atoms with Crippen LogP contribution in [0.5, 0.6) is 0 Å². The molecule has 0 fully saturated rings. The molecule has 0 atom stereocenters. The number of carbonyl (C=O) groups excluding carboxylic acids is 1. The number of ether oxygens (including phenoxy) is 1. The van der Waals surface area contributed by atoms with E-state index in [1.54, 1.807) is 6.21 Å². The van der Waals surface area contributed by atoms with Gasteiger partial charge in [-0.05, 0) is 41.4 Å². The number of nitrogens with one attached hydrogen (secondary N) is 2. The molecule has 2 rings (SSSR count). The van der Waals surface area contributed by atoms with Gasteiger partial charge in [0.05, 0.1) is 18.5 Å². The van der Waals surface area contributed by atoms with Crippen LogP contribution in [0.25, 0.3) is 0 Å². The Morgan fingerprint density at radius 3 is 2.48 bits per heavy atom. The molecule has 0 radical (unpaired) electrons. The van der Waals surface area contributed by atoms with Crippen LogP contribution in [0.2, 0.25) is 0 Å². The van der Waals surface area contributed by atoms with Crippen molar-refractivity contribution < 1.29 is 9.53 Å². The minimum absolute atomic E-state index is 0.149. The molecule has 0 unspecified atom stereocenters. The lowest BCUT2D eigenvalue weighted by atomic mass is 10.0. The van der Waals surface area contributed by atoms with Gasteiger partial charge in [-0.2, -0.15) is 0 Å². The van der Waals surface area contributed by atoms with E-state index in [9.17, 15) is 4.79 Å². The van der Waals surface area contributed by atoms with E-state index in [-0.39, 0.29) is 5.11 Å². The van der Waals surface area contributed by atoms with Gasteiger partial charge in [-0.15, -0.1) is 0 Å². The Morgan fingerprint density at radius 1 is 1.16 bits per heavy atom. The average Bonchev–Trinajstić information content (AvgIpc) is 2.61. The number of carbonyl (C=O) groups is 1. The molecule has 2 aromatic carbocycles. The molecule has 25 heavy (non-hydrogen) atoms. The zero-order valence-electron chi connectivity index (χ0n) is 14.4. The molecule has 5 nitrogen and oxygen atoms in total. The first-order valence-electron chi connectivity index (χ1n) is 7.88. The lowest BCUT2D eigenvalue weighted by Gasteiger charge is -2.10. The standard InChI is InChI=1S/C19H21N3O2S/c1-13(2)15-10-8-14(9-11-15)12-20-16-6-4-5-7-17(16)21-18(25)22-19(23)24-3/h4-13H,1-3H3,(H2,21,22,23,25)/b20-12+.